The van der Waals surface area contributed by atoms with Crippen molar-refractivity contribution in [2.75, 3.05) is 5.32 Å². The lowest BCUT2D eigenvalue weighted by Gasteiger charge is -2.12. The molecule has 0 spiro atoms. The van der Waals surface area contributed by atoms with E-state index in [4.69, 9.17) is 0 Å². The number of aliphatic hydroxyl groups excluding tert-OH is 1. The van der Waals surface area contributed by atoms with Gasteiger partial charge in [0, 0.05) is 30.0 Å². The lowest BCUT2D eigenvalue weighted by molar-refractivity contribution is -0.117. The zero-order valence-corrected chi connectivity index (χ0v) is 17.5. The van der Waals surface area contributed by atoms with E-state index in [2.05, 4.69) is 10.6 Å². The Labute approximate surface area is 178 Å². The van der Waals surface area contributed by atoms with Crippen molar-refractivity contribution < 1.29 is 28.3 Å². The molecular formula is C22H25F2N3O4. The van der Waals surface area contributed by atoms with Crippen LogP contribution in [-0.4, -0.2) is 39.4 Å². The number of nitrogens with one attached hydrogen (secondary N) is 2. The van der Waals surface area contributed by atoms with E-state index < -0.39 is 30.1 Å². The van der Waals surface area contributed by atoms with Crippen molar-refractivity contribution in [1.29, 1.82) is 0 Å². The number of anilines is 1. The van der Waals surface area contributed by atoms with E-state index in [-0.39, 0.29) is 28.6 Å². The number of amides is 2. The zero-order valence-electron chi connectivity index (χ0n) is 17.5. The van der Waals surface area contributed by atoms with Crippen LogP contribution in [0.4, 0.5) is 14.5 Å². The minimum Gasteiger partial charge on any atom is -0.393 e. The number of benzene rings is 1. The quantitative estimate of drug-likeness (QED) is 0.482. The normalized spacial score (nSPS) is 18.3. The van der Waals surface area contributed by atoms with Crippen molar-refractivity contribution in [2.45, 2.75) is 51.7 Å². The molecule has 2 atom stereocenters. The van der Waals surface area contributed by atoms with Gasteiger partial charge < -0.3 is 20.3 Å². The number of Topliss-reactive ketones (excluding diaryl/α,β-unsaturated/α-hetero) is 1. The van der Waals surface area contributed by atoms with Crippen LogP contribution in [0.2, 0.25) is 0 Å². The van der Waals surface area contributed by atoms with Crippen LogP contribution in [-0.2, 0) is 11.8 Å². The van der Waals surface area contributed by atoms with Gasteiger partial charge in [-0.2, -0.15) is 0 Å². The molecule has 0 aliphatic heterocycles. The molecular weight excluding hydrogens is 408 g/mol. The summed E-state index contributed by atoms with van der Waals surface area (Å²) >= 11 is 0. The number of hydrogen-bond acceptors (Lipinski definition) is 4. The summed E-state index contributed by atoms with van der Waals surface area (Å²) in [5.74, 6) is -2.13. The lowest BCUT2D eigenvalue weighted by Crippen LogP contribution is -2.39. The number of alkyl halides is 2. The SMILES string of the molecule is Cc1c(C(=O)Nc2cccc(C(F)F)c2)c(C)n(C)c1C(=O)C(=O)N[C@@H]1CC[C@@H](O)C1. The average molecular weight is 433 g/mol. The van der Waals surface area contributed by atoms with Crippen LogP contribution in [0.5, 0.6) is 0 Å². The summed E-state index contributed by atoms with van der Waals surface area (Å²) in [4.78, 5) is 38.1. The van der Waals surface area contributed by atoms with E-state index in [0.29, 0.717) is 30.5 Å². The number of nitrogens with zero attached hydrogens (tertiary/aromatic N) is 1. The monoisotopic (exact) mass is 433 g/mol. The summed E-state index contributed by atoms with van der Waals surface area (Å²) in [7, 11) is 1.58. The standard InChI is InChI=1S/C22H25F2N3O4/c1-11-17(21(30)25-14-6-4-5-13(9-14)20(23)24)12(2)27(3)18(11)19(29)22(31)26-15-7-8-16(28)10-15/h4-6,9,15-16,20,28H,7-8,10H2,1-3H3,(H,25,30)(H,26,31)/t15-,16-/m1/s1. The average Bonchev–Trinajstić information content (AvgIpc) is 3.21. The van der Waals surface area contributed by atoms with Crippen molar-refractivity contribution in [3.8, 4) is 0 Å². The topological polar surface area (TPSA) is 100 Å². The van der Waals surface area contributed by atoms with Gasteiger partial charge in [-0.15, -0.1) is 0 Å². The number of aromatic nitrogens is 1. The third-order valence-corrected chi connectivity index (χ3v) is 5.72. The Kier molecular flexibility index (Phi) is 6.54. The molecule has 0 saturated heterocycles. The minimum absolute atomic E-state index is 0.0834. The highest BCUT2D eigenvalue weighted by Crippen LogP contribution is 2.26. The second-order valence-electron chi connectivity index (χ2n) is 7.84. The van der Waals surface area contributed by atoms with Gasteiger partial charge in [-0.1, -0.05) is 12.1 Å². The second-order valence-corrected chi connectivity index (χ2v) is 7.84. The Morgan fingerprint density at radius 1 is 1.19 bits per heavy atom. The number of carbonyl (C=O) groups is 3. The number of hydrogen-bond donors (Lipinski definition) is 3. The molecule has 1 saturated carbocycles. The molecule has 3 rings (SSSR count). The van der Waals surface area contributed by atoms with E-state index in [1.54, 1.807) is 20.9 Å². The smallest absolute Gasteiger partial charge is 0.294 e. The highest BCUT2D eigenvalue weighted by Gasteiger charge is 2.31. The first-order chi connectivity index (χ1) is 14.6. The van der Waals surface area contributed by atoms with E-state index in [1.807, 2.05) is 0 Å². The minimum atomic E-state index is -2.67. The molecule has 0 radical (unpaired) electrons. The fourth-order valence-corrected chi connectivity index (χ4v) is 4.03. The maximum absolute atomic E-state index is 12.9. The molecule has 1 aliphatic carbocycles. The molecule has 1 aromatic carbocycles. The van der Waals surface area contributed by atoms with Gasteiger partial charge in [-0.3, -0.25) is 14.4 Å². The van der Waals surface area contributed by atoms with Gasteiger partial charge >= 0.3 is 0 Å². The van der Waals surface area contributed by atoms with Crippen LogP contribution in [0.1, 0.15) is 63.4 Å². The highest BCUT2D eigenvalue weighted by atomic mass is 19.3. The maximum Gasteiger partial charge on any atom is 0.294 e. The summed E-state index contributed by atoms with van der Waals surface area (Å²) in [6.07, 6.45) is -1.59. The van der Waals surface area contributed by atoms with Crippen LogP contribution >= 0.6 is 0 Å². The molecule has 166 valence electrons. The summed E-state index contributed by atoms with van der Waals surface area (Å²) in [5.41, 5.74) is 1.07. The van der Waals surface area contributed by atoms with E-state index in [0.717, 1.165) is 0 Å². The summed E-state index contributed by atoms with van der Waals surface area (Å²) in [5, 5.41) is 14.8. The molecule has 1 heterocycles. The van der Waals surface area contributed by atoms with Gasteiger partial charge in [0.05, 0.1) is 17.4 Å². The Morgan fingerprint density at radius 3 is 2.52 bits per heavy atom. The molecule has 2 aromatic rings. The Balaban J connectivity index is 1.82. The number of rotatable bonds is 6. The van der Waals surface area contributed by atoms with Gasteiger partial charge in [0.15, 0.2) is 0 Å². The Morgan fingerprint density at radius 2 is 1.90 bits per heavy atom. The van der Waals surface area contributed by atoms with Crippen molar-refractivity contribution >= 4 is 23.3 Å². The lowest BCUT2D eigenvalue weighted by atomic mass is 10.1. The van der Waals surface area contributed by atoms with Gasteiger partial charge in [-0.05, 0) is 50.8 Å². The first-order valence-electron chi connectivity index (χ1n) is 9.98. The van der Waals surface area contributed by atoms with Crippen LogP contribution in [0.3, 0.4) is 0 Å². The molecule has 7 nitrogen and oxygen atoms in total. The molecule has 1 fully saturated rings. The summed E-state index contributed by atoms with van der Waals surface area (Å²) in [6.45, 7) is 3.21. The van der Waals surface area contributed by atoms with Gasteiger partial charge in [0.2, 0.25) is 0 Å². The van der Waals surface area contributed by atoms with Crippen molar-refractivity contribution in [3.05, 3.63) is 52.3 Å². The third kappa shape index (κ3) is 4.66. The van der Waals surface area contributed by atoms with E-state index in [9.17, 15) is 28.3 Å². The summed E-state index contributed by atoms with van der Waals surface area (Å²) in [6, 6.07) is 5.09. The fourth-order valence-electron chi connectivity index (χ4n) is 4.03. The van der Waals surface area contributed by atoms with Crippen molar-refractivity contribution in [1.82, 2.24) is 9.88 Å². The second kappa shape index (κ2) is 8.97. The zero-order chi connectivity index (χ0) is 22.9. The Bertz CT molecular complexity index is 1030. The Hall–Kier alpha value is -3.07. The van der Waals surface area contributed by atoms with E-state index in [1.165, 1.54) is 28.8 Å². The molecule has 0 bridgehead atoms. The molecule has 2 amide bonds. The first-order valence-corrected chi connectivity index (χ1v) is 9.98. The van der Waals surface area contributed by atoms with Gasteiger partial charge in [0.25, 0.3) is 24.0 Å². The molecule has 0 unspecified atom stereocenters. The van der Waals surface area contributed by atoms with E-state index >= 15 is 0 Å². The predicted molar refractivity (Wildman–Crippen MR) is 110 cm³/mol. The number of halogens is 2. The van der Waals surface area contributed by atoms with Gasteiger partial charge in [-0.25, -0.2) is 8.78 Å². The van der Waals surface area contributed by atoms with Crippen LogP contribution in [0.25, 0.3) is 0 Å². The molecule has 1 aromatic heterocycles. The third-order valence-electron chi connectivity index (χ3n) is 5.72. The number of ketones is 1. The molecule has 9 heteroatoms. The largest absolute Gasteiger partial charge is 0.393 e. The highest BCUT2D eigenvalue weighted by molar-refractivity contribution is 6.43. The van der Waals surface area contributed by atoms with Crippen LogP contribution in [0, 0.1) is 13.8 Å². The molecule has 1 aliphatic rings. The number of carbonyl (C=O) groups excluding carboxylic acids is 3. The van der Waals surface area contributed by atoms with Crippen LogP contribution < -0.4 is 10.6 Å². The van der Waals surface area contributed by atoms with Crippen molar-refractivity contribution in [3.63, 3.8) is 0 Å². The predicted octanol–water partition coefficient (Wildman–Crippen LogP) is 3.04. The van der Waals surface area contributed by atoms with Crippen LogP contribution in [0.15, 0.2) is 24.3 Å². The van der Waals surface area contributed by atoms with Crippen molar-refractivity contribution in [2.24, 2.45) is 7.05 Å². The molecule has 31 heavy (non-hydrogen) atoms. The van der Waals surface area contributed by atoms with Gasteiger partial charge in [0.1, 0.15) is 0 Å². The maximum atomic E-state index is 12.9. The fraction of sp³-hybridized carbons (Fsp3) is 0.409. The summed E-state index contributed by atoms with van der Waals surface area (Å²) < 4.78 is 27.3. The molecule has 3 N–H and O–H groups in total. The number of aliphatic hydroxyl groups is 1. The first kappa shape index (κ1) is 22.6.